The SMILES string of the molecule is CSCCC(N)C(=O)NC(Cc1ccccc1)C(=O)NC(Cc1cnc[nH]1)C(=O)NC(Cc1ccc(O)cc1)C(=O)O. The molecule has 0 aliphatic rings. The molecule has 42 heavy (non-hydrogen) atoms. The number of nitrogens with two attached hydrogens (primary N) is 1. The van der Waals surface area contributed by atoms with E-state index < -0.39 is 47.9 Å². The number of carboxylic acids is 1. The first kappa shape index (κ1) is 32.2. The van der Waals surface area contributed by atoms with Gasteiger partial charge in [-0.15, -0.1) is 0 Å². The smallest absolute Gasteiger partial charge is 0.326 e. The lowest BCUT2D eigenvalue weighted by molar-refractivity contribution is -0.142. The first-order valence-corrected chi connectivity index (χ1v) is 14.7. The first-order valence-electron chi connectivity index (χ1n) is 13.3. The third-order valence-corrected chi connectivity index (χ3v) is 7.13. The van der Waals surface area contributed by atoms with Crippen LogP contribution in [0.3, 0.4) is 0 Å². The molecule has 0 aliphatic heterocycles. The molecule has 8 N–H and O–H groups in total. The number of carboxylic acid groups (broad SMARTS) is 1. The van der Waals surface area contributed by atoms with Gasteiger partial charge in [-0.25, -0.2) is 9.78 Å². The molecule has 1 heterocycles. The van der Waals surface area contributed by atoms with Gasteiger partial charge in [0.1, 0.15) is 23.9 Å². The van der Waals surface area contributed by atoms with Gasteiger partial charge in [0.25, 0.3) is 0 Å². The number of aromatic hydroxyl groups is 1. The fourth-order valence-electron chi connectivity index (χ4n) is 4.15. The minimum Gasteiger partial charge on any atom is -0.508 e. The molecule has 1 aromatic heterocycles. The summed E-state index contributed by atoms with van der Waals surface area (Å²) in [5.74, 6) is -2.42. The van der Waals surface area contributed by atoms with Crippen LogP contribution >= 0.6 is 11.8 Å². The summed E-state index contributed by atoms with van der Waals surface area (Å²) in [7, 11) is 0. The lowest BCUT2D eigenvalue weighted by Crippen LogP contribution is -2.58. The summed E-state index contributed by atoms with van der Waals surface area (Å²) in [4.78, 5) is 58.7. The monoisotopic (exact) mass is 596 g/mol. The Bertz CT molecular complexity index is 1310. The molecular formula is C29H36N6O6S. The van der Waals surface area contributed by atoms with Crippen LogP contribution in [0.1, 0.15) is 23.2 Å². The van der Waals surface area contributed by atoms with Crippen LogP contribution in [-0.4, -0.2) is 80.0 Å². The van der Waals surface area contributed by atoms with Crippen LogP contribution in [-0.2, 0) is 38.4 Å². The Kier molecular flexibility index (Phi) is 12.4. The lowest BCUT2D eigenvalue weighted by Gasteiger charge is -2.25. The normalized spacial score (nSPS) is 13.8. The van der Waals surface area contributed by atoms with E-state index in [0.29, 0.717) is 23.4 Å². The molecule has 13 heteroatoms. The molecule has 4 unspecified atom stereocenters. The van der Waals surface area contributed by atoms with Crippen LogP contribution in [0, 0.1) is 0 Å². The van der Waals surface area contributed by atoms with Crippen LogP contribution in [0.5, 0.6) is 5.75 Å². The van der Waals surface area contributed by atoms with Crippen molar-refractivity contribution >= 4 is 35.5 Å². The van der Waals surface area contributed by atoms with Crippen molar-refractivity contribution in [2.24, 2.45) is 5.73 Å². The molecule has 0 saturated heterocycles. The standard InChI is InChI=1S/C29H36N6O6S/c1-42-12-11-22(30)26(37)33-23(13-18-5-3-2-4-6-18)27(38)34-24(15-20-16-31-17-32-20)28(39)35-25(29(40)41)14-19-7-9-21(36)10-8-19/h2-10,16-17,22-25,36H,11-15,30H2,1H3,(H,31,32)(H,33,37)(H,34,38)(H,35,39)(H,40,41). The number of nitrogens with zero attached hydrogens (tertiary/aromatic N) is 1. The van der Waals surface area contributed by atoms with Gasteiger partial charge >= 0.3 is 5.97 Å². The number of benzene rings is 2. The first-order chi connectivity index (χ1) is 20.2. The molecular weight excluding hydrogens is 560 g/mol. The molecule has 0 saturated carbocycles. The van der Waals surface area contributed by atoms with Crippen molar-refractivity contribution in [1.82, 2.24) is 25.9 Å². The number of carbonyl (C=O) groups is 4. The van der Waals surface area contributed by atoms with E-state index in [1.807, 2.05) is 36.6 Å². The summed E-state index contributed by atoms with van der Waals surface area (Å²) in [6, 6.07) is 10.7. The second kappa shape index (κ2) is 16.2. The Balaban J connectivity index is 1.80. The number of rotatable bonds is 16. The van der Waals surface area contributed by atoms with E-state index in [1.165, 1.54) is 24.7 Å². The number of phenolic OH excluding ortho intramolecular Hbond substituents is 1. The van der Waals surface area contributed by atoms with E-state index in [0.717, 1.165) is 5.56 Å². The van der Waals surface area contributed by atoms with Crippen molar-refractivity contribution in [2.45, 2.75) is 49.9 Å². The van der Waals surface area contributed by atoms with Crippen LogP contribution in [0.25, 0.3) is 0 Å². The molecule has 0 radical (unpaired) electrons. The second-order valence-electron chi connectivity index (χ2n) is 9.75. The number of aromatic amines is 1. The number of thioether (sulfide) groups is 1. The quantitative estimate of drug-likeness (QED) is 0.125. The van der Waals surface area contributed by atoms with Gasteiger partial charge in [-0.1, -0.05) is 42.5 Å². The average molecular weight is 597 g/mol. The molecule has 3 aromatic rings. The minimum absolute atomic E-state index is 0.0115. The average Bonchev–Trinajstić information content (AvgIpc) is 3.49. The molecule has 3 rings (SSSR count). The maximum Gasteiger partial charge on any atom is 0.326 e. The number of carbonyl (C=O) groups excluding carboxylic acids is 3. The highest BCUT2D eigenvalue weighted by molar-refractivity contribution is 7.98. The zero-order chi connectivity index (χ0) is 30.5. The summed E-state index contributed by atoms with van der Waals surface area (Å²) < 4.78 is 0. The highest BCUT2D eigenvalue weighted by Gasteiger charge is 2.31. The van der Waals surface area contributed by atoms with Gasteiger partial charge in [-0.05, 0) is 41.7 Å². The lowest BCUT2D eigenvalue weighted by atomic mass is 10.0. The van der Waals surface area contributed by atoms with E-state index in [-0.39, 0.29) is 25.0 Å². The number of phenols is 1. The van der Waals surface area contributed by atoms with E-state index >= 15 is 0 Å². The second-order valence-corrected chi connectivity index (χ2v) is 10.7. The van der Waals surface area contributed by atoms with Crippen molar-refractivity contribution in [1.29, 1.82) is 0 Å². The Morgan fingerprint density at radius 2 is 1.43 bits per heavy atom. The molecule has 0 fully saturated rings. The van der Waals surface area contributed by atoms with Crippen molar-refractivity contribution in [3.63, 3.8) is 0 Å². The van der Waals surface area contributed by atoms with E-state index in [9.17, 15) is 29.4 Å². The van der Waals surface area contributed by atoms with Gasteiger partial charge in [-0.3, -0.25) is 14.4 Å². The van der Waals surface area contributed by atoms with E-state index in [2.05, 4.69) is 25.9 Å². The maximum atomic E-state index is 13.6. The fraction of sp³-hybridized carbons (Fsp3) is 0.345. The molecule has 0 aliphatic carbocycles. The molecule has 2 aromatic carbocycles. The fourth-order valence-corrected chi connectivity index (χ4v) is 4.64. The van der Waals surface area contributed by atoms with Crippen LogP contribution in [0.15, 0.2) is 67.1 Å². The summed E-state index contributed by atoms with van der Waals surface area (Å²) in [6.45, 7) is 0. The largest absolute Gasteiger partial charge is 0.508 e. The molecule has 12 nitrogen and oxygen atoms in total. The summed E-state index contributed by atoms with van der Waals surface area (Å²) in [5, 5.41) is 27.2. The Labute approximate surface area is 247 Å². The minimum atomic E-state index is -1.31. The van der Waals surface area contributed by atoms with Crippen molar-refractivity contribution in [3.05, 3.63) is 83.9 Å². The third kappa shape index (κ3) is 10.2. The molecule has 4 atom stereocenters. The molecule has 224 valence electrons. The molecule has 0 spiro atoms. The van der Waals surface area contributed by atoms with Crippen LogP contribution in [0.4, 0.5) is 0 Å². The van der Waals surface area contributed by atoms with Crippen LogP contribution in [0.2, 0.25) is 0 Å². The Morgan fingerprint density at radius 3 is 2.02 bits per heavy atom. The molecule has 0 bridgehead atoms. The van der Waals surface area contributed by atoms with Gasteiger partial charge in [0.05, 0.1) is 12.4 Å². The highest BCUT2D eigenvalue weighted by atomic mass is 32.2. The third-order valence-electron chi connectivity index (χ3n) is 6.49. The zero-order valence-corrected chi connectivity index (χ0v) is 24.0. The number of amides is 3. The van der Waals surface area contributed by atoms with Crippen molar-refractivity contribution < 1.29 is 29.4 Å². The number of H-pyrrole nitrogens is 1. The number of imidazole rings is 1. The zero-order valence-electron chi connectivity index (χ0n) is 23.2. The number of hydrogen-bond donors (Lipinski definition) is 7. The van der Waals surface area contributed by atoms with E-state index in [1.54, 1.807) is 23.9 Å². The van der Waals surface area contributed by atoms with Gasteiger partial charge in [-0.2, -0.15) is 11.8 Å². The maximum absolute atomic E-state index is 13.6. The summed E-state index contributed by atoms with van der Waals surface area (Å²) >= 11 is 1.55. The van der Waals surface area contributed by atoms with Crippen molar-refractivity contribution in [3.8, 4) is 5.75 Å². The van der Waals surface area contributed by atoms with Gasteiger partial charge in [0.15, 0.2) is 0 Å². The van der Waals surface area contributed by atoms with Crippen molar-refractivity contribution in [2.75, 3.05) is 12.0 Å². The number of hydrogen-bond acceptors (Lipinski definition) is 8. The predicted molar refractivity (Wildman–Crippen MR) is 159 cm³/mol. The topological polar surface area (TPSA) is 200 Å². The highest BCUT2D eigenvalue weighted by Crippen LogP contribution is 2.12. The number of aliphatic carboxylic acids is 1. The van der Waals surface area contributed by atoms with Gasteiger partial charge < -0.3 is 36.9 Å². The van der Waals surface area contributed by atoms with E-state index in [4.69, 9.17) is 5.73 Å². The number of nitrogens with one attached hydrogen (secondary N) is 4. The van der Waals surface area contributed by atoms with Crippen LogP contribution < -0.4 is 21.7 Å². The predicted octanol–water partition coefficient (Wildman–Crippen LogP) is 0.763. The summed E-state index contributed by atoms with van der Waals surface area (Å²) in [6.07, 6.45) is 5.33. The Hall–Kier alpha value is -4.36. The molecule has 3 amide bonds. The van der Waals surface area contributed by atoms with Gasteiger partial charge in [0, 0.05) is 31.2 Å². The number of aromatic nitrogens is 2. The Morgan fingerprint density at radius 1 is 0.857 bits per heavy atom. The summed E-state index contributed by atoms with van der Waals surface area (Å²) in [5.41, 5.74) is 7.93. The van der Waals surface area contributed by atoms with Gasteiger partial charge in [0.2, 0.25) is 17.7 Å².